The molecule has 1 amide bonds. The fourth-order valence-electron chi connectivity index (χ4n) is 1.80. The fraction of sp³-hybridized carbons (Fsp3) is 0.412. The van der Waals surface area contributed by atoms with Crippen LogP contribution < -0.4 is 10.7 Å². The van der Waals surface area contributed by atoms with Crippen LogP contribution in [-0.2, 0) is 25.5 Å². The van der Waals surface area contributed by atoms with E-state index in [2.05, 4.69) is 15.8 Å². The van der Waals surface area contributed by atoms with Crippen molar-refractivity contribution in [1.82, 2.24) is 5.32 Å². The number of hydrogen-bond donors (Lipinski definition) is 4. The van der Waals surface area contributed by atoms with Crippen molar-refractivity contribution >= 4 is 29.2 Å². The lowest BCUT2D eigenvalue weighted by atomic mass is 10.1. The Kier molecular flexibility index (Phi) is 8.79. The van der Waals surface area contributed by atoms with Crippen molar-refractivity contribution in [3.05, 3.63) is 29.8 Å². The van der Waals surface area contributed by atoms with Crippen LogP contribution in [0.4, 0.5) is 5.69 Å². The van der Waals surface area contributed by atoms with Gasteiger partial charge in [0.2, 0.25) is 5.91 Å². The van der Waals surface area contributed by atoms with Gasteiger partial charge in [-0.25, -0.2) is 9.59 Å². The quantitative estimate of drug-likeness (QED) is 0.198. The van der Waals surface area contributed by atoms with E-state index < -0.39 is 17.7 Å². The van der Waals surface area contributed by atoms with Crippen molar-refractivity contribution in [2.75, 3.05) is 25.2 Å². The molecule has 0 atom stereocenters. The number of carbonyl (C=O) groups is 3. The van der Waals surface area contributed by atoms with Crippen LogP contribution in [0.1, 0.15) is 19.4 Å². The molecule has 0 aromatic heterocycles. The van der Waals surface area contributed by atoms with Crippen molar-refractivity contribution < 1.29 is 29.3 Å². The third-order valence-corrected chi connectivity index (χ3v) is 3.26. The van der Waals surface area contributed by atoms with Crippen LogP contribution in [-0.4, -0.2) is 53.5 Å². The molecule has 4 N–H and O–H groups in total. The molecule has 0 saturated heterocycles. The van der Waals surface area contributed by atoms with Gasteiger partial charge in [-0.05, 0) is 24.1 Å². The average molecular weight is 365 g/mol. The van der Waals surface area contributed by atoms with Gasteiger partial charge in [0, 0.05) is 12.5 Å². The van der Waals surface area contributed by atoms with Gasteiger partial charge in [0.25, 0.3) is 5.71 Å². The molecular weight excluding hydrogens is 342 g/mol. The molecule has 26 heavy (non-hydrogen) atoms. The van der Waals surface area contributed by atoms with Crippen LogP contribution in [0, 0.1) is 5.92 Å². The summed E-state index contributed by atoms with van der Waals surface area (Å²) in [6, 6.07) is 6.90. The lowest BCUT2D eigenvalue weighted by molar-refractivity contribution is -0.134. The van der Waals surface area contributed by atoms with E-state index in [1.54, 1.807) is 24.3 Å². The van der Waals surface area contributed by atoms with Gasteiger partial charge >= 0.3 is 11.9 Å². The van der Waals surface area contributed by atoms with E-state index >= 15 is 0 Å². The average Bonchev–Trinajstić information content (AvgIpc) is 2.58. The summed E-state index contributed by atoms with van der Waals surface area (Å²) in [6.07, 6.45) is 0.664. The Morgan fingerprint density at radius 1 is 1.08 bits per heavy atom. The summed E-state index contributed by atoms with van der Waals surface area (Å²) in [5.41, 5.74) is 2.85. The van der Waals surface area contributed by atoms with E-state index in [1.807, 2.05) is 13.8 Å². The number of carboxylic acids is 2. The zero-order valence-corrected chi connectivity index (χ0v) is 14.7. The first-order valence-corrected chi connectivity index (χ1v) is 8.06. The van der Waals surface area contributed by atoms with E-state index in [1.165, 1.54) is 0 Å². The molecule has 0 saturated carbocycles. The summed E-state index contributed by atoms with van der Waals surface area (Å²) in [5.74, 6) is -3.30. The largest absolute Gasteiger partial charge is 0.476 e. The predicted octanol–water partition coefficient (Wildman–Crippen LogP) is 0.955. The van der Waals surface area contributed by atoms with Crippen molar-refractivity contribution in [1.29, 1.82) is 0 Å². The maximum absolute atomic E-state index is 11.4. The Morgan fingerprint density at radius 2 is 1.69 bits per heavy atom. The molecule has 0 bridgehead atoms. The highest BCUT2D eigenvalue weighted by Crippen LogP contribution is 2.10. The van der Waals surface area contributed by atoms with Crippen LogP contribution >= 0.6 is 0 Å². The van der Waals surface area contributed by atoms with Crippen molar-refractivity contribution in [2.24, 2.45) is 11.0 Å². The minimum atomic E-state index is -1.62. The van der Waals surface area contributed by atoms with E-state index in [0.717, 1.165) is 5.56 Å². The third-order valence-electron chi connectivity index (χ3n) is 3.26. The highest BCUT2D eigenvalue weighted by Gasteiger charge is 2.18. The second-order valence-electron chi connectivity index (χ2n) is 5.69. The van der Waals surface area contributed by atoms with Gasteiger partial charge in [-0.3, -0.25) is 10.2 Å². The van der Waals surface area contributed by atoms with Crippen molar-refractivity contribution in [3.63, 3.8) is 0 Å². The summed E-state index contributed by atoms with van der Waals surface area (Å²) in [6.45, 7) is 5.03. The molecule has 0 heterocycles. The minimum absolute atomic E-state index is 0.00620. The first kappa shape index (κ1) is 21.1. The highest BCUT2D eigenvalue weighted by atomic mass is 16.5. The number of carbonyl (C=O) groups excluding carboxylic acids is 1. The summed E-state index contributed by atoms with van der Waals surface area (Å²) < 4.78 is 5.45. The fourth-order valence-corrected chi connectivity index (χ4v) is 1.80. The van der Waals surface area contributed by atoms with Gasteiger partial charge in [-0.2, -0.15) is 5.10 Å². The van der Waals surface area contributed by atoms with Gasteiger partial charge in [0.05, 0.1) is 18.9 Å². The Morgan fingerprint density at radius 3 is 2.23 bits per heavy atom. The number of hydrazone groups is 1. The molecule has 0 spiro atoms. The Labute approximate surface area is 151 Å². The molecule has 0 aliphatic carbocycles. The third kappa shape index (κ3) is 7.75. The lowest BCUT2D eigenvalue weighted by Crippen LogP contribution is -2.30. The maximum Gasteiger partial charge on any atom is 0.364 e. The first-order valence-electron chi connectivity index (χ1n) is 8.06. The number of carboxylic acid groups (broad SMARTS) is 2. The van der Waals surface area contributed by atoms with Crippen LogP contribution in [0.25, 0.3) is 0 Å². The van der Waals surface area contributed by atoms with Crippen molar-refractivity contribution in [3.8, 4) is 0 Å². The minimum Gasteiger partial charge on any atom is -0.476 e. The molecule has 0 aliphatic heterocycles. The van der Waals surface area contributed by atoms with Crippen molar-refractivity contribution in [2.45, 2.75) is 20.3 Å². The van der Waals surface area contributed by atoms with E-state index in [4.69, 9.17) is 14.9 Å². The number of benzene rings is 1. The summed E-state index contributed by atoms with van der Waals surface area (Å²) in [4.78, 5) is 32.7. The second-order valence-corrected chi connectivity index (χ2v) is 5.69. The van der Waals surface area contributed by atoms with E-state index in [0.29, 0.717) is 31.9 Å². The molecule has 1 aromatic rings. The normalized spacial score (nSPS) is 10.3. The number of hydrogen-bond acceptors (Lipinski definition) is 6. The molecule has 1 rings (SSSR count). The zero-order chi connectivity index (χ0) is 19.5. The predicted molar refractivity (Wildman–Crippen MR) is 95.1 cm³/mol. The number of aliphatic carboxylic acids is 2. The highest BCUT2D eigenvalue weighted by molar-refractivity contribution is 6.61. The van der Waals surface area contributed by atoms with Crippen LogP contribution in [0.3, 0.4) is 0 Å². The smallest absolute Gasteiger partial charge is 0.364 e. The van der Waals surface area contributed by atoms with Crippen LogP contribution in [0.5, 0.6) is 0 Å². The molecule has 9 heteroatoms. The van der Waals surface area contributed by atoms with Gasteiger partial charge in [-0.1, -0.05) is 26.0 Å². The van der Waals surface area contributed by atoms with Crippen LogP contribution in [0.2, 0.25) is 0 Å². The molecule has 0 fully saturated rings. The van der Waals surface area contributed by atoms with Gasteiger partial charge < -0.3 is 20.3 Å². The molecular formula is C17H23N3O6. The number of anilines is 1. The summed E-state index contributed by atoms with van der Waals surface area (Å²) in [7, 11) is 0. The van der Waals surface area contributed by atoms with E-state index in [-0.39, 0.29) is 11.8 Å². The molecule has 0 unspecified atom stereocenters. The Hall–Kier alpha value is -2.94. The Bertz CT molecular complexity index is 639. The number of amides is 1. The Balaban J connectivity index is 2.35. The number of nitrogens with zero attached hydrogens (tertiary/aromatic N) is 1. The topological polar surface area (TPSA) is 137 Å². The molecule has 0 radical (unpaired) electrons. The van der Waals surface area contributed by atoms with Gasteiger partial charge in [0.1, 0.15) is 0 Å². The number of nitrogens with one attached hydrogen (secondary N) is 2. The van der Waals surface area contributed by atoms with Gasteiger partial charge in [0.15, 0.2) is 0 Å². The molecule has 0 aliphatic rings. The monoisotopic (exact) mass is 365 g/mol. The number of rotatable bonds is 11. The SMILES string of the molecule is CC(C)C(=O)NCCOCCc1ccc(NN=C(C(=O)O)C(=O)O)cc1. The van der Waals surface area contributed by atoms with E-state index in [9.17, 15) is 14.4 Å². The summed E-state index contributed by atoms with van der Waals surface area (Å²) in [5, 5.41) is 23.5. The first-order chi connectivity index (χ1) is 12.3. The standard InChI is InChI=1S/C17H23N3O6/c1-11(2)15(21)18-8-10-26-9-7-12-3-5-13(6-4-12)19-20-14(16(22)23)17(24)25/h3-6,11,19H,7-10H2,1-2H3,(H,18,21)(H,22,23)(H,24,25). The summed E-state index contributed by atoms with van der Waals surface area (Å²) >= 11 is 0. The molecule has 142 valence electrons. The van der Waals surface area contributed by atoms with Gasteiger partial charge in [-0.15, -0.1) is 0 Å². The lowest BCUT2D eigenvalue weighted by Gasteiger charge is -2.08. The maximum atomic E-state index is 11.4. The van der Waals surface area contributed by atoms with Crippen LogP contribution in [0.15, 0.2) is 29.4 Å². The second kappa shape index (κ2) is 10.8. The zero-order valence-electron chi connectivity index (χ0n) is 14.7. The molecule has 9 nitrogen and oxygen atoms in total. The molecule has 1 aromatic carbocycles. The number of ether oxygens (including phenoxy) is 1.